The molecule has 0 heterocycles. The van der Waals surface area contributed by atoms with Gasteiger partial charge in [-0.15, -0.1) is 0 Å². The SMILES string of the molecule is CO.Cc1ccc(S(=O)(=O)N/N=C\c2ccc(C(=O)O)cc2)cc1.Cc1ccc(S(=O)(=O)N/N=C\c2ccc(C(=O)O)cc2)cc1.Cc1ccc(S(=O)(=O)N/N=C\c2ccc(OCCCC(=O)O)c(CO)c2)cc1.Cc1ccc(S(=O)(=O)N/N=C\c2ccc(OCCCC(=O)O)cc2)cc1.O=Cc1ccc(C(=O)O)cc1. The smallest absolute Gasteiger partial charge is 0.335 e. The summed E-state index contributed by atoms with van der Waals surface area (Å²) in [6.07, 6.45) is 6.83. The Balaban J connectivity index is 0.000000297. The number of carboxylic acid groups (broad SMARTS) is 5. The molecule has 0 bridgehead atoms. The Kier molecular flexibility index (Phi) is 37.3. The van der Waals surface area contributed by atoms with E-state index in [0.717, 1.165) is 29.4 Å². The second-order valence-electron chi connectivity index (χ2n) is 22.8. The number of nitrogens with one attached hydrogen (secondary N) is 4. The molecule has 0 amide bonds. The average Bonchev–Trinajstić information content (AvgIpc) is 0.855. The first kappa shape index (κ1) is 90.6. The lowest BCUT2D eigenvalue weighted by atomic mass is 10.1. The van der Waals surface area contributed by atoms with Gasteiger partial charge in [0.25, 0.3) is 40.1 Å². The number of hydrazone groups is 4. The van der Waals surface area contributed by atoms with Gasteiger partial charge in [0.2, 0.25) is 0 Å². The fourth-order valence-corrected chi connectivity index (χ4v) is 11.5. The number of ether oxygens (including phenoxy) is 2. The lowest BCUT2D eigenvalue weighted by Crippen LogP contribution is -2.18. The number of carbonyl (C=O) groups excluding carboxylic acids is 1. The summed E-state index contributed by atoms with van der Waals surface area (Å²) in [7, 11) is -13.9. The molecular weight excluding hydrogens is 1520 g/mol. The molecule has 9 aromatic carbocycles. The second-order valence-corrected chi connectivity index (χ2v) is 29.5. The van der Waals surface area contributed by atoms with E-state index in [-0.39, 0.29) is 62.3 Å². The van der Waals surface area contributed by atoms with Gasteiger partial charge in [-0.05, 0) is 190 Å². The van der Waals surface area contributed by atoms with Crippen LogP contribution in [-0.4, -0.2) is 151 Å². The molecule has 31 nitrogen and oxygen atoms in total. The number of carbonyl (C=O) groups is 6. The number of aromatic carboxylic acids is 3. The standard InChI is InChI=1S/C19H22N2O6S.C18H20N2O5S.2C15H14N2O4S.C8H6O3.CH4O/c1-14-4-7-17(8-5-14)28(25,26)21-20-12-15-6-9-18(16(11-15)13-22)27-10-2-3-19(23)24;1-14-4-10-17(11-5-14)26(23,24)20-19-13-15-6-8-16(9-7-15)25-12-2-3-18(21)22;2*1-11-2-8-14(9-3-11)22(20,21)17-16-10-12-4-6-13(7-5-12)15(18)19;9-5-6-1-3-7(4-2-6)8(10)11;1-2/h4-9,11-12,21-22H,2-3,10,13H2,1H3,(H,23,24);4-11,13,20H,2-3,12H2,1H3,(H,21,22);2*2-10,17H,1H3,(H,18,19);1-5H,(H,10,11);2H,1H3/b20-12-;19-13-;2*16-10-;;. The third kappa shape index (κ3) is 33.5. The molecular formula is C76H80N8O23S4. The number of rotatable bonds is 31. The van der Waals surface area contributed by atoms with Crippen LogP contribution in [0.25, 0.3) is 0 Å². The lowest BCUT2D eigenvalue weighted by molar-refractivity contribution is -0.138. The number of hydrogen-bond acceptors (Lipinski definition) is 22. The van der Waals surface area contributed by atoms with E-state index in [1.54, 1.807) is 91.0 Å². The van der Waals surface area contributed by atoms with Crippen LogP contribution in [0, 0.1) is 27.7 Å². The Morgan fingerprint density at radius 2 is 0.622 bits per heavy atom. The molecule has 0 aliphatic carbocycles. The van der Waals surface area contributed by atoms with E-state index in [4.69, 9.17) is 40.1 Å². The quantitative estimate of drug-likeness (QED) is 0.00833. The topological polar surface area (TPSA) is 497 Å². The van der Waals surface area contributed by atoms with Gasteiger partial charge in [-0.25, -0.2) is 33.7 Å². The molecule has 35 heteroatoms. The number of aliphatic hydroxyl groups is 2. The third-order valence-corrected chi connectivity index (χ3v) is 19.2. The Bertz CT molecular complexity index is 4990. The fraction of sp³-hybridized carbons (Fsp3) is 0.158. The second kappa shape index (κ2) is 45.8. The number of nitrogens with zero attached hydrogens (tertiary/aromatic N) is 4. The maximum Gasteiger partial charge on any atom is 0.335 e. The number of aliphatic hydroxyl groups excluding tert-OH is 2. The van der Waals surface area contributed by atoms with Crippen LogP contribution in [0.3, 0.4) is 0 Å². The van der Waals surface area contributed by atoms with Gasteiger partial charge in [0.1, 0.15) is 17.8 Å². The van der Waals surface area contributed by atoms with Crippen LogP contribution >= 0.6 is 0 Å². The molecule has 0 saturated carbocycles. The lowest BCUT2D eigenvalue weighted by Gasteiger charge is -2.10. The van der Waals surface area contributed by atoms with Crippen molar-refractivity contribution in [3.63, 3.8) is 0 Å². The highest BCUT2D eigenvalue weighted by Gasteiger charge is 2.16. The summed E-state index contributed by atoms with van der Waals surface area (Å²) in [5.41, 5.74) is 7.71. The van der Waals surface area contributed by atoms with Crippen molar-refractivity contribution in [3.05, 3.63) is 285 Å². The van der Waals surface area contributed by atoms with Crippen molar-refractivity contribution >= 4 is 101 Å². The van der Waals surface area contributed by atoms with Crippen LogP contribution in [-0.2, 0) is 56.3 Å². The highest BCUT2D eigenvalue weighted by atomic mass is 32.2. The zero-order valence-electron chi connectivity index (χ0n) is 60.1. The van der Waals surface area contributed by atoms with Gasteiger partial charge in [-0.3, -0.25) is 14.4 Å². The van der Waals surface area contributed by atoms with Crippen LogP contribution < -0.4 is 28.8 Å². The van der Waals surface area contributed by atoms with Gasteiger partial charge in [0, 0.05) is 31.1 Å². The van der Waals surface area contributed by atoms with E-state index in [0.29, 0.717) is 70.6 Å². The number of carboxylic acids is 5. The molecule has 11 N–H and O–H groups in total. The van der Waals surface area contributed by atoms with Gasteiger partial charge in [-0.2, -0.15) is 54.1 Å². The largest absolute Gasteiger partial charge is 0.494 e. The first-order chi connectivity index (χ1) is 52.7. The van der Waals surface area contributed by atoms with Crippen LogP contribution in [0.15, 0.2) is 252 Å². The number of aldehydes is 1. The van der Waals surface area contributed by atoms with Crippen molar-refractivity contribution in [1.29, 1.82) is 0 Å². The monoisotopic (exact) mass is 1600 g/mol. The van der Waals surface area contributed by atoms with Gasteiger partial charge in [0.15, 0.2) is 0 Å². The summed E-state index contributed by atoms with van der Waals surface area (Å²) in [5, 5.41) is 74.5. The molecule has 0 spiro atoms. The predicted molar refractivity (Wildman–Crippen MR) is 414 cm³/mol. The summed E-state index contributed by atoms with van der Waals surface area (Å²) < 4.78 is 107. The van der Waals surface area contributed by atoms with E-state index < -0.39 is 69.9 Å². The Morgan fingerprint density at radius 1 is 0.360 bits per heavy atom. The molecule has 0 fully saturated rings. The normalized spacial score (nSPS) is 11.1. The Morgan fingerprint density at radius 3 is 0.892 bits per heavy atom. The molecule has 0 saturated heterocycles. The molecule has 0 aliphatic heterocycles. The summed E-state index contributed by atoms with van der Waals surface area (Å²) >= 11 is 0. The van der Waals surface area contributed by atoms with Crippen LogP contribution in [0.2, 0.25) is 0 Å². The van der Waals surface area contributed by atoms with E-state index in [1.807, 2.05) is 27.7 Å². The zero-order chi connectivity index (χ0) is 82.2. The highest BCUT2D eigenvalue weighted by molar-refractivity contribution is 7.90. The third-order valence-electron chi connectivity index (χ3n) is 14.2. The molecule has 0 unspecified atom stereocenters. The maximum absolute atomic E-state index is 12.2. The molecule has 0 radical (unpaired) electrons. The molecule has 111 heavy (non-hydrogen) atoms. The average molecular weight is 1600 g/mol. The van der Waals surface area contributed by atoms with Crippen molar-refractivity contribution in [1.82, 2.24) is 19.3 Å². The molecule has 9 rings (SSSR count). The van der Waals surface area contributed by atoms with Gasteiger partial charge < -0.3 is 45.2 Å². The number of benzene rings is 9. The van der Waals surface area contributed by atoms with Crippen LogP contribution in [0.1, 0.15) is 117 Å². The van der Waals surface area contributed by atoms with Crippen molar-refractivity contribution in [2.24, 2.45) is 20.4 Å². The number of hydrogen-bond donors (Lipinski definition) is 11. The number of sulfonamides is 4. The summed E-state index contributed by atoms with van der Waals surface area (Å²) in [4.78, 5) is 71.8. The van der Waals surface area contributed by atoms with Gasteiger partial charge in [0.05, 0.1) is 81.0 Å². The molecule has 9 aromatic rings. The predicted octanol–water partition coefficient (Wildman–Crippen LogP) is 9.41. The minimum atomic E-state index is -3.76. The first-order valence-corrected chi connectivity index (χ1v) is 38.5. The number of aryl methyl sites for hydroxylation is 4. The number of aliphatic carboxylic acids is 2. The minimum absolute atomic E-state index is 0.000323. The van der Waals surface area contributed by atoms with E-state index in [2.05, 4.69) is 39.7 Å². The zero-order valence-corrected chi connectivity index (χ0v) is 63.4. The molecule has 0 aliphatic rings. The summed E-state index contributed by atoms with van der Waals surface area (Å²) in [6, 6.07) is 54.9. The minimum Gasteiger partial charge on any atom is -0.494 e. The summed E-state index contributed by atoms with van der Waals surface area (Å²) in [5.74, 6) is -3.74. The Hall–Kier alpha value is -12.8. The molecule has 586 valence electrons. The summed E-state index contributed by atoms with van der Waals surface area (Å²) in [6.45, 7) is 7.71. The highest BCUT2D eigenvalue weighted by Crippen LogP contribution is 2.21. The Labute approximate surface area is 640 Å². The van der Waals surface area contributed by atoms with Crippen molar-refractivity contribution < 1.29 is 108 Å². The van der Waals surface area contributed by atoms with E-state index in [9.17, 15) is 67.5 Å². The molecule has 0 atom stereocenters. The first-order valence-electron chi connectivity index (χ1n) is 32.6. The van der Waals surface area contributed by atoms with Gasteiger partial charge >= 0.3 is 29.8 Å². The van der Waals surface area contributed by atoms with Crippen molar-refractivity contribution in [3.8, 4) is 11.5 Å². The maximum atomic E-state index is 12.2. The van der Waals surface area contributed by atoms with Crippen LogP contribution in [0.4, 0.5) is 0 Å². The van der Waals surface area contributed by atoms with Crippen LogP contribution in [0.5, 0.6) is 11.5 Å². The molecule has 0 aromatic heterocycles. The van der Waals surface area contributed by atoms with Gasteiger partial charge in [-0.1, -0.05) is 107 Å². The fourth-order valence-electron chi connectivity index (χ4n) is 8.30. The van der Waals surface area contributed by atoms with E-state index in [1.165, 1.54) is 146 Å². The van der Waals surface area contributed by atoms with Crippen molar-refractivity contribution in [2.75, 3.05) is 20.3 Å². The van der Waals surface area contributed by atoms with Crippen molar-refractivity contribution in [2.45, 2.75) is 79.6 Å². The van der Waals surface area contributed by atoms with E-state index >= 15 is 0 Å².